The monoisotopic (exact) mass is 1390 g/mol. The van der Waals surface area contributed by atoms with Crippen LogP contribution < -0.4 is 26.6 Å². The Morgan fingerprint density at radius 1 is 0.540 bits per heavy atom. The molecular weight excluding hydrogens is 1290 g/mol. The summed E-state index contributed by atoms with van der Waals surface area (Å²) in [5.41, 5.74) is 5.09. The summed E-state index contributed by atoms with van der Waals surface area (Å²) in [5.74, 6) is -1.16. The molecule has 100 heavy (non-hydrogen) atoms. The summed E-state index contributed by atoms with van der Waals surface area (Å²) in [6, 6.07) is 12.1. The number of pyridine rings is 3. The predicted octanol–water partition coefficient (Wildman–Crippen LogP) is 3.37. The topological polar surface area (TPSA) is 344 Å². The van der Waals surface area contributed by atoms with Gasteiger partial charge in [-0.2, -0.15) is 0 Å². The molecule has 1 unspecified atom stereocenters. The van der Waals surface area contributed by atoms with Gasteiger partial charge in [0.25, 0.3) is 17.7 Å². The fourth-order valence-electron chi connectivity index (χ4n) is 13.4. The number of nitrogens with one attached hydrogen (secondary N) is 5. The van der Waals surface area contributed by atoms with E-state index in [1.54, 1.807) is 23.5 Å². The van der Waals surface area contributed by atoms with Crippen LogP contribution >= 0.6 is 0 Å². The van der Waals surface area contributed by atoms with Crippen LogP contribution in [0.5, 0.6) is 0 Å². The van der Waals surface area contributed by atoms with Crippen LogP contribution in [0.1, 0.15) is 134 Å². The van der Waals surface area contributed by atoms with Crippen LogP contribution in [0.15, 0.2) is 73.6 Å². The van der Waals surface area contributed by atoms with Crippen molar-refractivity contribution in [2.45, 2.75) is 179 Å². The van der Waals surface area contributed by atoms with Gasteiger partial charge in [-0.1, -0.05) is 0 Å². The van der Waals surface area contributed by atoms with E-state index >= 15 is 0 Å². The van der Waals surface area contributed by atoms with E-state index in [4.69, 9.17) is 34.3 Å². The SMILES string of the molecule is CC(c1cn(CCCNC(=O)CO)c2ncccc12)N(C(=O)[C@H]1CN(C(=O)OC(C)(C)C)CCO1)C1CC1.C[C@@H](c1cn(CCCNC(=O)CO)c2ncccc12)N(C(=O)[C@H]1CNCCO1)C1CC1.C[C@H](c1cn(CCCNC(=O)CO)c2ncccc12)N(C(=O)[C@H]1CNCCO1)C1CC1. The van der Waals surface area contributed by atoms with Crippen molar-refractivity contribution in [3.05, 3.63) is 90.3 Å². The van der Waals surface area contributed by atoms with Crippen molar-refractivity contribution in [2.24, 2.45) is 0 Å². The molecule has 0 radical (unpaired) electrons. The third kappa shape index (κ3) is 19.3. The highest BCUT2D eigenvalue weighted by atomic mass is 16.6. The van der Waals surface area contributed by atoms with E-state index in [-0.39, 0.29) is 78.9 Å². The van der Waals surface area contributed by atoms with E-state index in [2.05, 4.69) is 76.9 Å². The van der Waals surface area contributed by atoms with Crippen LogP contribution in [-0.4, -0.2) is 246 Å². The second-order valence-corrected chi connectivity index (χ2v) is 27.4. The third-order valence-electron chi connectivity index (χ3n) is 18.7. The van der Waals surface area contributed by atoms with Gasteiger partial charge < -0.3 is 94.2 Å². The number of carbonyl (C=O) groups excluding carboxylic acids is 7. The maximum absolute atomic E-state index is 13.8. The van der Waals surface area contributed by atoms with E-state index < -0.39 is 55.7 Å². The lowest BCUT2D eigenvalue weighted by molar-refractivity contribution is -0.152. The normalized spacial score (nSPS) is 19.4. The standard InChI is InChI=1S/C27H39N5O6.2C22H31N5O4/c1-18(21-15-30(12-6-11-28-23(34)17-33)24-20(21)7-5-10-29-24)32(19-8-9-19)25(35)22-16-31(13-14-37-22)26(36)38-27(2,3)4;2*1-15(27(16-5-6-16)22(30)19-12-23-9-11-31-19)18-13-26(10-3-8-24-20(29)14-28)21-17(18)4-2-7-25-21/h5,7,10,15,18-19,22,33H,6,8-9,11-14,16-17H2,1-4H3,(H,28,34);2*2,4,7,13,15-16,19,23,28H,3,5-6,8-12,14H2,1H3,(H,24,29)/t18?,22-;15-,19+;15-,19-/m101/s1. The van der Waals surface area contributed by atoms with Gasteiger partial charge in [0.15, 0.2) is 6.10 Å². The van der Waals surface area contributed by atoms with Crippen molar-refractivity contribution in [1.29, 1.82) is 0 Å². The minimum absolute atomic E-state index is 0.0544. The molecule has 29 heteroatoms. The number of hydrogen-bond donors (Lipinski definition) is 8. The van der Waals surface area contributed by atoms with E-state index in [1.807, 2.05) is 89.6 Å². The van der Waals surface area contributed by atoms with E-state index in [1.165, 1.54) is 0 Å². The first kappa shape index (κ1) is 74.5. The van der Waals surface area contributed by atoms with E-state index in [0.717, 1.165) is 101 Å². The second-order valence-electron chi connectivity index (χ2n) is 27.4. The molecule has 6 fully saturated rings. The summed E-state index contributed by atoms with van der Waals surface area (Å²) >= 11 is 0. The van der Waals surface area contributed by atoms with Crippen LogP contribution in [0.25, 0.3) is 33.1 Å². The molecule has 3 saturated carbocycles. The number of aromatic nitrogens is 6. The summed E-state index contributed by atoms with van der Waals surface area (Å²) in [4.78, 5) is 108. The summed E-state index contributed by atoms with van der Waals surface area (Å²) in [5, 5.41) is 44.1. The lowest BCUT2D eigenvalue weighted by Crippen LogP contribution is -2.54. The molecule has 12 rings (SSSR count). The Morgan fingerprint density at radius 2 is 0.880 bits per heavy atom. The van der Waals surface area contributed by atoms with Crippen LogP contribution in [0.3, 0.4) is 0 Å². The van der Waals surface area contributed by atoms with Gasteiger partial charge in [0.05, 0.1) is 44.5 Å². The Labute approximate surface area is 582 Å². The van der Waals surface area contributed by atoms with Gasteiger partial charge in [-0.25, -0.2) is 19.7 Å². The van der Waals surface area contributed by atoms with Crippen LogP contribution in [-0.2, 0) is 67.3 Å². The van der Waals surface area contributed by atoms with Gasteiger partial charge in [0.1, 0.15) is 54.6 Å². The Balaban J connectivity index is 0.000000163. The maximum atomic E-state index is 13.8. The van der Waals surface area contributed by atoms with Crippen molar-refractivity contribution >= 4 is 74.6 Å². The zero-order valence-corrected chi connectivity index (χ0v) is 58.5. The number of rotatable bonds is 27. The highest BCUT2D eigenvalue weighted by molar-refractivity contribution is 5.88. The maximum Gasteiger partial charge on any atom is 0.410 e. The molecule has 544 valence electrons. The molecule has 6 aromatic rings. The highest BCUT2D eigenvalue weighted by Crippen LogP contribution is 2.41. The molecule has 3 aliphatic carbocycles. The average Bonchev–Trinajstić information content (AvgIpc) is 1.62. The molecule has 6 aromatic heterocycles. The first-order valence-electron chi connectivity index (χ1n) is 35.4. The largest absolute Gasteiger partial charge is 0.444 e. The van der Waals surface area contributed by atoms with E-state index in [9.17, 15) is 33.6 Å². The number of aliphatic hydroxyl groups is 3. The van der Waals surface area contributed by atoms with Crippen LogP contribution in [0.2, 0.25) is 0 Å². The Bertz CT molecular complexity index is 3600. The molecule has 8 N–H and O–H groups in total. The Morgan fingerprint density at radius 3 is 1.19 bits per heavy atom. The lowest BCUT2D eigenvalue weighted by Gasteiger charge is -2.37. The summed E-state index contributed by atoms with van der Waals surface area (Å²) < 4.78 is 29.1. The van der Waals surface area contributed by atoms with Crippen molar-refractivity contribution in [3.8, 4) is 0 Å². The van der Waals surface area contributed by atoms with Crippen molar-refractivity contribution in [2.75, 3.05) is 98.5 Å². The van der Waals surface area contributed by atoms with Gasteiger partial charge in [0.2, 0.25) is 17.7 Å². The molecule has 29 nitrogen and oxygen atoms in total. The highest BCUT2D eigenvalue weighted by Gasteiger charge is 2.45. The Hall–Kier alpha value is -8.16. The fourth-order valence-corrected chi connectivity index (χ4v) is 13.4. The fraction of sp³-hybridized carbons (Fsp3) is 0.606. The number of carbonyl (C=O) groups is 7. The first-order chi connectivity index (χ1) is 48.3. The zero-order chi connectivity index (χ0) is 71.0. The number of aliphatic hydroxyl groups excluding tert-OH is 3. The van der Waals surface area contributed by atoms with Crippen molar-refractivity contribution in [3.63, 3.8) is 0 Å². The number of nitrogens with zero attached hydrogens (tertiary/aromatic N) is 10. The summed E-state index contributed by atoms with van der Waals surface area (Å²) in [6.45, 7) is 18.1. The number of ether oxygens (including phenoxy) is 4. The number of amides is 7. The van der Waals surface area contributed by atoms with Gasteiger partial charge in [-0.05, 0) is 136 Å². The minimum atomic E-state index is -0.749. The molecule has 3 saturated heterocycles. The molecule has 0 aromatic carbocycles. The molecule has 6 aliphatic rings. The average molecular weight is 1390 g/mol. The smallest absolute Gasteiger partial charge is 0.410 e. The molecule has 6 atom stereocenters. The van der Waals surface area contributed by atoms with Gasteiger partial charge in [-0.3, -0.25) is 28.8 Å². The number of hydrogen-bond acceptors (Lipinski definition) is 19. The number of morpholine rings is 3. The molecule has 9 heterocycles. The predicted molar refractivity (Wildman–Crippen MR) is 371 cm³/mol. The van der Waals surface area contributed by atoms with Crippen molar-refractivity contribution in [1.82, 2.24) is 74.8 Å². The van der Waals surface area contributed by atoms with Gasteiger partial charge >= 0.3 is 6.09 Å². The van der Waals surface area contributed by atoms with Crippen LogP contribution in [0, 0.1) is 0 Å². The van der Waals surface area contributed by atoms with E-state index in [0.29, 0.717) is 91.4 Å². The quantitative estimate of drug-likeness (QED) is 0.0343. The van der Waals surface area contributed by atoms with Crippen molar-refractivity contribution < 1.29 is 67.8 Å². The molecule has 3 aliphatic heterocycles. The molecule has 7 amide bonds. The zero-order valence-electron chi connectivity index (χ0n) is 58.5. The number of aryl methyl sites for hydroxylation is 3. The Kier molecular flexibility index (Phi) is 26.0. The lowest BCUT2D eigenvalue weighted by atomic mass is 10.1. The van der Waals surface area contributed by atoms with Gasteiger partial charge in [0, 0.05) is 160 Å². The van der Waals surface area contributed by atoms with Gasteiger partial charge in [-0.15, -0.1) is 0 Å². The van der Waals surface area contributed by atoms with Crippen LogP contribution in [0.4, 0.5) is 4.79 Å². The molecule has 0 bridgehead atoms. The molecular formula is C71H101N15O14. The molecule has 0 spiro atoms. The number of fused-ring (bicyclic) bond motifs is 3. The minimum Gasteiger partial charge on any atom is -0.444 e. The first-order valence-corrected chi connectivity index (χ1v) is 35.4. The summed E-state index contributed by atoms with van der Waals surface area (Å²) in [6.07, 6.45) is 17.5. The summed E-state index contributed by atoms with van der Waals surface area (Å²) in [7, 11) is 0. The second kappa shape index (κ2) is 34.9. The third-order valence-corrected chi connectivity index (χ3v) is 18.7.